The SMILES string of the molecule is CC(C)C1=C2[C@H]3CC[C@@H]4[C@@]5(C)CC[C@H](OC(=O)CC(C)(C)C(=O)O)C(C)(C)[C@@H]5CC[C@@]4(C)[C@]3(C)CC[C@@]2([C@H](O)c2nnc(-c3ccc(C#N)cn3)n2CCN)CC1=O. The number of esters is 1. The first-order valence-electron chi connectivity index (χ1n) is 21.5. The number of hydrogen-bond donors (Lipinski definition) is 3. The van der Waals surface area contributed by atoms with Gasteiger partial charge in [0.2, 0.25) is 0 Å². The average Bonchev–Trinajstić information content (AvgIpc) is 3.71. The molecule has 4 saturated carbocycles. The highest BCUT2D eigenvalue weighted by Crippen LogP contribution is 2.77. The number of carbonyl (C=O) groups excluding carboxylic acids is 2. The Bertz CT molecular complexity index is 2060. The second kappa shape index (κ2) is 14.4. The number of carbonyl (C=O) groups is 3. The molecule has 4 fully saturated rings. The van der Waals surface area contributed by atoms with Gasteiger partial charge < -0.3 is 25.3 Å². The van der Waals surface area contributed by atoms with E-state index in [1.165, 1.54) is 6.20 Å². The lowest BCUT2D eigenvalue weighted by Crippen LogP contribution is -2.66. The van der Waals surface area contributed by atoms with Crippen molar-refractivity contribution < 1.29 is 29.3 Å². The molecule has 0 amide bonds. The quantitative estimate of drug-likeness (QED) is 0.201. The Hall–Kier alpha value is -3.95. The van der Waals surface area contributed by atoms with Gasteiger partial charge in [-0.3, -0.25) is 19.4 Å². The van der Waals surface area contributed by atoms with Gasteiger partial charge >= 0.3 is 11.9 Å². The summed E-state index contributed by atoms with van der Waals surface area (Å²) in [6.45, 7) is 20.0. The molecule has 0 bridgehead atoms. The minimum absolute atomic E-state index is 0.00195. The zero-order valence-corrected chi connectivity index (χ0v) is 36.0. The van der Waals surface area contributed by atoms with Crippen LogP contribution < -0.4 is 5.73 Å². The Morgan fingerprint density at radius 2 is 1.74 bits per heavy atom. The van der Waals surface area contributed by atoms with Crippen LogP contribution in [0, 0.1) is 67.5 Å². The Kier molecular flexibility index (Phi) is 10.4. The molecule has 0 radical (unpaired) electrons. The highest BCUT2D eigenvalue weighted by Gasteiger charge is 2.71. The summed E-state index contributed by atoms with van der Waals surface area (Å²) in [5.41, 5.74) is 6.63. The van der Waals surface area contributed by atoms with Crippen molar-refractivity contribution in [2.45, 2.75) is 145 Å². The van der Waals surface area contributed by atoms with Gasteiger partial charge in [0.1, 0.15) is 24.0 Å². The molecule has 0 aromatic carbocycles. The van der Waals surface area contributed by atoms with Crippen LogP contribution in [0.5, 0.6) is 0 Å². The minimum atomic E-state index is -1.19. The van der Waals surface area contributed by atoms with E-state index < -0.39 is 28.9 Å². The maximum atomic E-state index is 14.4. The number of aliphatic hydroxyl groups excluding tert-OH is 1. The predicted octanol–water partition coefficient (Wildman–Crippen LogP) is 7.60. The molecule has 2 aromatic rings. The molecule has 0 unspecified atom stereocenters. The maximum Gasteiger partial charge on any atom is 0.309 e. The Balaban J connectivity index is 1.22. The highest BCUT2D eigenvalue weighted by atomic mass is 16.5. The molecular formula is C46H64N6O6. The Morgan fingerprint density at radius 1 is 1.02 bits per heavy atom. The third kappa shape index (κ3) is 6.11. The summed E-state index contributed by atoms with van der Waals surface area (Å²) in [6.07, 6.45) is 7.31. The van der Waals surface area contributed by atoms with Crippen LogP contribution in [0.4, 0.5) is 0 Å². The van der Waals surface area contributed by atoms with Gasteiger partial charge in [0, 0.05) is 36.5 Å². The predicted molar refractivity (Wildman–Crippen MR) is 217 cm³/mol. The zero-order chi connectivity index (χ0) is 42.4. The van der Waals surface area contributed by atoms with Crippen LogP contribution in [0.2, 0.25) is 0 Å². The van der Waals surface area contributed by atoms with Crippen LogP contribution in [0.1, 0.15) is 144 Å². The first-order chi connectivity index (χ1) is 27.1. The van der Waals surface area contributed by atoms with E-state index in [9.17, 15) is 29.9 Å². The van der Waals surface area contributed by atoms with Gasteiger partial charge in [0.25, 0.3) is 0 Å². The summed E-state index contributed by atoms with van der Waals surface area (Å²) in [5.74, 6) is 0.357. The van der Waals surface area contributed by atoms with Crippen molar-refractivity contribution in [2.75, 3.05) is 6.54 Å². The molecule has 0 spiro atoms. The van der Waals surface area contributed by atoms with Crippen LogP contribution in [0.15, 0.2) is 29.5 Å². The number of rotatable bonds is 10. The van der Waals surface area contributed by atoms with E-state index in [-0.39, 0.29) is 64.8 Å². The number of nitrogens with zero attached hydrogens (tertiary/aromatic N) is 5. The van der Waals surface area contributed by atoms with Gasteiger partial charge in [0.05, 0.1) is 17.4 Å². The topological polar surface area (TPSA) is 194 Å². The van der Waals surface area contributed by atoms with Gasteiger partial charge in [-0.15, -0.1) is 10.2 Å². The largest absolute Gasteiger partial charge is 0.481 e. The molecule has 12 heteroatoms. The number of ketones is 1. The zero-order valence-electron chi connectivity index (χ0n) is 36.0. The number of aromatic nitrogens is 4. The molecule has 0 saturated heterocycles. The van der Waals surface area contributed by atoms with Gasteiger partial charge in [-0.1, -0.05) is 48.5 Å². The van der Waals surface area contributed by atoms with Crippen molar-refractivity contribution in [3.63, 3.8) is 0 Å². The number of carboxylic acid groups (broad SMARTS) is 1. The first kappa shape index (κ1) is 42.2. The van der Waals surface area contributed by atoms with Crippen LogP contribution in [0.25, 0.3) is 11.5 Å². The van der Waals surface area contributed by atoms with Crippen LogP contribution >= 0.6 is 0 Å². The lowest BCUT2D eigenvalue weighted by molar-refractivity contribution is -0.235. The van der Waals surface area contributed by atoms with Crippen molar-refractivity contribution in [2.24, 2.45) is 61.9 Å². The molecule has 314 valence electrons. The monoisotopic (exact) mass is 796 g/mol. The smallest absolute Gasteiger partial charge is 0.309 e. The molecule has 58 heavy (non-hydrogen) atoms. The summed E-state index contributed by atoms with van der Waals surface area (Å²) in [6, 6.07) is 5.52. The molecular weight excluding hydrogens is 733 g/mol. The Morgan fingerprint density at radius 3 is 2.36 bits per heavy atom. The molecule has 7 rings (SSSR count). The average molecular weight is 797 g/mol. The number of hydrogen-bond acceptors (Lipinski definition) is 10. The highest BCUT2D eigenvalue weighted by molar-refractivity contribution is 6.00. The number of nitriles is 1. The summed E-state index contributed by atoms with van der Waals surface area (Å²) >= 11 is 0. The third-order valence-electron chi connectivity index (χ3n) is 16.9. The van der Waals surface area contributed by atoms with Crippen molar-refractivity contribution in [3.8, 4) is 17.6 Å². The van der Waals surface area contributed by atoms with Gasteiger partial charge in [-0.05, 0) is 128 Å². The van der Waals surface area contributed by atoms with Gasteiger partial charge in [-0.2, -0.15) is 5.26 Å². The number of allylic oxidation sites excluding steroid dienone is 1. The second-order valence-corrected chi connectivity index (χ2v) is 20.8. The van der Waals surface area contributed by atoms with E-state index >= 15 is 0 Å². The second-order valence-electron chi connectivity index (χ2n) is 20.8. The number of fused-ring (bicyclic) bond motifs is 7. The standard InChI is InChI=1S/C46H64N6O6/c1-26(2)35-30(53)22-46(37(55)39-51-50-38(52(39)21-20-47)29-12-10-27(24-48)25-49-29)19-18-44(8)28(36(35)46)11-13-32-43(7)16-15-33(58-34(54)23-41(3,4)40(56)57)42(5,6)31(43)14-17-45(32,44)9/h10,12,25-26,28,31-33,37,55H,11,13-23,47H2,1-9H3,(H,56,57)/t28-,31+,32-,33+,37-,43+,44-,45-,46-/m1/s1. The van der Waals surface area contributed by atoms with Crippen molar-refractivity contribution in [1.82, 2.24) is 19.7 Å². The molecule has 4 N–H and O–H groups in total. The fraction of sp³-hybridized carbons (Fsp3) is 0.717. The number of aliphatic carboxylic acids is 1. The molecule has 9 atom stereocenters. The van der Waals surface area contributed by atoms with Gasteiger partial charge in [-0.25, -0.2) is 0 Å². The maximum absolute atomic E-state index is 14.4. The molecule has 0 aliphatic heterocycles. The number of aliphatic hydroxyl groups is 1. The normalized spacial score (nSPS) is 34.7. The van der Waals surface area contributed by atoms with Crippen LogP contribution in [0.3, 0.4) is 0 Å². The van der Waals surface area contributed by atoms with E-state index in [0.717, 1.165) is 56.1 Å². The van der Waals surface area contributed by atoms with Crippen LogP contribution in [-0.4, -0.2) is 60.3 Å². The summed E-state index contributed by atoms with van der Waals surface area (Å²) in [4.78, 5) is 43.8. The molecule has 12 nitrogen and oxygen atoms in total. The summed E-state index contributed by atoms with van der Waals surface area (Å²) in [7, 11) is 0. The molecule has 5 aliphatic carbocycles. The molecule has 2 heterocycles. The summed E-state index contributed by atoms with van der Waals surface area (Å²) in [5, 5.41) is 40.9. The van der Waals surface area contributed by atoms with E-state index in [2.05, 4.69) is 69.7 Å². The van der Waals surface area contributed by atoms with Crippen molar-refractivity contribution in [3.05, 3.63) is 40.9 Å². The number of nitrogens with two attached hydrogens (primary N) is 1. The van der Waals surface area contributed by atoms with E-state index in [1.54, 1.807) is 26.0 Å². The number of ether oxygens (including phenoxy) is 1. The van der Waals surface area contributed by atoms with E-state index in [0.29, 0.717) is 47.7 Å². The van der Waals surface area contributed by atoms with E-state index in [1.807, 2.05) is 4.57 Å². The Labute approximate surface area is 343 Å². The van der Waals surface area contributed by atoms with Crippen LogP contribution in [-0.2, 0) is 25.7 Å². The van der Waals surface area contributed by atoms with Crippen molar-refractivity contribution >= 4 is 17.7 Å². The summed E-state index contributed by atoms with van der Waals surface area (Å²) < 4.78 is 8.02. The molecule has 2 aromatic heterocycles. The number of carboxylic acids is 1. The number of Topliss-reactive ketones (excluding diaryl/α,β-unsaturated/α-hetero) is 1. The first-order valence-corrected chi connectivity index (χ1v) is 21.5. The molecule has 5 aliphatic rings. The lowest BCUT2D eigenvalue weighted by Gasteiger charge is -2.72. The number of pyridine rings is 1. The van der Waals surface area contributed by atoms with Crippen molar-refractivity contribution in [1.29, 1.82) is 5.26 Å². The lowest BCUT2D eigenvalue weighted by atomic mass is 9.33. The third-order valence-corrected chi connectivity index (χ3v) is 16.9. The fourth-order valence-electron chi connectivity index (χ4n) is 13.7. The van der Waals surface area contributed by atoms with Gasteiger partial charge in [0.15, 0.2) is 17.4 Å². The fourth-order valence-corrected chi connectivity index (χ4v) is 13.7. The van der Waals surface area contributed by atoms with E-state index in [4.69, 9.17) is 10.5 Å². The minimum Gasteiger partial charge on any atom is -0.481 e.